The van der Waals surface area contributed by atoms with Gasteiger partial charge in [-0.25, -0.2) is 9.69 Å². The van der Waals surface area contributed by atoms with E-state index in [0.29, 0.717) is 0 Å². The summed E-state index contributed by atoms with van der Waals surface area (Å²) in [4.78, 5) is 53.5. The Bertz CT molecular complexity index is 1050. The van der Waals surface area contributed by atoms with Gasteiger partial charge in [0.15, 0.2) is 12.2 Å². The van der Waals surface area contributed by atoms with Crippen molar-refractivity contribution in [1.82, 2.24) is 4.90 Å². The van der Waals surface area contributed by atoms with Gasteiger partial charge in [-0.05, 0) is 58.4 Å². The van der Waals surface area contributed by atoms with E-state index < -0.39 is 59.3 Å². The quantitative estimate of drug-likeness (QED) is 0.393. The van der Waals surface area contributed by atoms with Gasteiger partial charge in [-0.2, -0.15) is 0 Å². The molecule has 0 saturated carbocycles. The first kappa shape index (κ1) is 29.6. The molecule has 2 amide bonds. The smallest absolute Gasteiger partial charge is 0.419 e. The summed E-state index contributed by atoms with van der Waals surface area (Å²) in [5, 5.41) is 0. The van der Waals surface area contributed by atoms with E-state index in [1.165, 1.54) is 0 Å². The average molecular weight is 532 g/mol. The van der Waals surface area contributed by atoms with Crippen molar-refractivity contribution in [3.05, 3.63) is 35.9 Å². The Labute approximate surface area is 225 Å². The molecule has 2 fully saturated rings. The molecule has 9 nitrogen and oxygen atoms in total. The van der Waals surface area contributed by atoms with Gasteiger partial charge in [-0.15, -0.1) is 0 Å². The highest BCUT2D eigenvalue weighted by atomic mass is 16.7. The Balaban J connectivity index is 1.96. The van der Waals surface area contributed by atoms with E-state index in [4.69, 9.17) is 18.9 Å². The number of hydrogen-bond donors (Lipinski definition) is 0. The molecule has 38 heavy (non-hydrogen) atoms. The lowest BCUT2D eigenvalue weighted by atomic mass is 9.74. The normalized spacial score (nSPS) is 24.8. The van der Waals surface area contributed by atoms with Crippen LogP contribution in [0, 0.1) is 16.2 Å². The highest BCUT2D eigenvalue weighted by Gasteiger charge is 2.58. The van der Waals surface area contributed by atoms with Gasteiger partial charge in [-0.3, -0.25) is 14.4 Å². The highest BCUT2D eigenvalue weighted by Crippen LogP contribution is 2.40. The lowest BCUT2D eigenvalue weighted by Crippen LogP contribution is -2.61. The molecule has 0 spiro atoms. The molecule has 2 aliphatic rings. The summed E-state index contributed by atoms with van der Waals surface area (Å²) in [6.45, 7) is 16.1. The first-order valence-electron chi connectivity index (χ1n) is 13.0. The lowest BCUT2D eigenvalue weighted by Gasteiger charge is -2.40. The highest BCUT2D eigenvalue weighted by molar-refractivity contribution is 5.94. The number of carbonyl (C=O) groups is 4. The molecule has 0 radical (unpaired) electrons. The molecule has 0 bridgehead atoms. The molecule has 0 aromatic heterocycles. The summed E-state index contributed by atoms with van der Waals surface area (Å²) in [5.74, 6) is -1.79. The van der Waals surface area contributed by atoms with E-state index in [1.54, 1.807) is 41.5 Å². The second kappa shape index (κ2) is 10.7. The molecule has 3 rings (SSSR count). The molecule has 9 heteroatoms. The molecule has 5 atom stereocenters. The second-order valence-corrected chi connectivity index (χ2v) is 13.2. The SMILES string of the molecule is CC(C)(C)C(=O)O[C@H]1[C@H]2[C@@H](OC[C@H]1OC(=O)C(C)(C)C)OC(=O)N2C(=O)CC(c1ccccc1)C(C)(C)C. The number of imide groups is 1. The van der Waals surface area contributed by atoms with Crippen molar-refractivity contribution in [2.75, 3.05) is 6.61 Å². The summed E-state index contributed by atoms with van der Waals surface area (Å²) >= 11 is 0. The monoisotopic (exact) mass is 531 g/mol. The van der Waals surface area contributed by atoms with Gasteiger partial charge in [-0.1, -0.05) is 51.1 Å². The van der Waals surface area contributed by atoms with Crippen molar-refractivity contribution >= 4 is 23.9 Å². The molecule has 210 valence electrons. The minimum absolute atomic E-state index is 0.0121. The molecule has 1 unspecified atom stereocenters. The number of amides is 2. The van der Waals surface area contributed by atoms with Gasteiger partial charge in [0.1, 0.15) is 6.04 Å². The Hall–Kier alpha value is -2.94. The van der Waals surface area contributed by atoms with Gasteiger partial charge in [0.25, 0.3) is 0 Å². The van der Waals surface area contributed by atoms with Crippen LogP contribution in [0.2, 0.25) is 0 Å². The van der Waals surface area contributed by atoms with Gasteiger partial charge >= 0.3 is 18.0 Å². The van der Waals surface area contributed by atoms with Crippen LogP contribution in [0.5, 0.6) is 0 Å². The third kappa shape index (κ3) is 6.54. The van der Waals surface area contributed by atoms with E-state index >= 15 is 0 Å². The van der Waals surface area contributed by atoms with Crippen molar-refractivity contribution in [2.45, 2.75) is 99.2 Å². The minimum atomic E-state index is -1.16. The topological polar surface area (TPSA) is 108 Å². The molecular formula is C29H41NO8. The van der Waals surface area contributed by atoms with Crippen LogP contribution in [0.3, 0.4) is 0 Å². The number of benzene rings is 1. The first-order chi connectivity index (χ1) is 17.4. The fourth-order valence-corrected chi connectivity index (χ4v) is 4.42. The molecule has 2 heterocycles. The predicted molar refractivity (Wildman–Crippen MR) is 139 cm³/mol. The number of ether oxygens (including phenoxy) is 4. The van der Waals surface area contributed by atoms with Gasteiger partial charge in [0, 0.05) is 6.42 Å². The molecule has 2 saturated heterocycles. The van der Waals surface area contributed by atoms with Gasteiger partial charge < -0.3 is 18.9 Å². The van der Waals surface area contributed by atoms with E-state index in [9.17, 15) is 19.2 Å². The maximum absolute atomic E-state index is 13.8. The summed E-state index contributed by atoms with van der Waals surface area (Å²) in [6, 6.07) is 8.51. The third-order valence-corrected chi connectivity index (χ3v) is 6.74. The summed E-state index contributed by atoms with van der Waals surface area (Å²) in [6.07, 6.45) is -4.22. The lowest BCUT2D eigenvalue weighted by molar-refractivity contribution is -0.227. The number of nitrogens with zero attached hydrogens (tertiary/aromatic N) is 1. The van der Waals surface area contributed by atoms with Crippen molar-refractivity contribution in [3.8, 4) is 0 Å². The molecule has 0 aliphatic carbocycles. The number of rotatable bonds is 5. The fraction of sp³-hybridized carbons (Fsp3) is 0.655. The van der Waals surface area contributed by atoms with Crippen LogP contribution in [-0.4, -0.2) is 60.0 Å². The largest absolute Gasteiger partial charge is 0.455 e. The zero-order valence-corrected chi connectivity index (χ0v) is 23.9. The van der Waals surface area contributed by atoms with Crippen LogP contribution in [0.1, 0.15) is 80.2 Å². The predicted octanol–water partition coefficient (Wildman–Crippen LogP) is 4.83. The van der Waals surface area contributed by atoms with Crippen molar-refractivity contribution in [2.24, 2.45) is 16.2 Å². The van der Waals surface area contributed by atoms with Crippen LogP contribution < -0.4 is 0 Å². The molecule has 1 aromatic rings. The Kier molecular flexibility index (Phi) is 8.32. The van der Waals surface area contributed by atoms with Crippen LogP contribution in [-0.2, 0) is 33.3 Å². The number of hydrogen-bond acceptors (Lipinski definition) is 8. The van der Waals surface area contributed by atoms with Crippen LogP contribution in [0.15, 0.2) is 30.3 Å². The minimum Gasteiger partial charge on any atom is -0.455 e. The van der Waals surface area contributed by atoms with Gasteiger partial charge in [0.05, 0.1) is 17.4 Å². The van der Waals surface area contributed by atoms with Crippen LogP contribution in [0.4, 0.5) is 4.79 Å². The standard InChI is InChI=1S/C29H41NO8/c1-27(2,3)18(17-13-11-10-12-14-17)15-20(31)30-21-22(37-25(33)29(7,8)9)19(36-24(32)28(4,5)6)16-35-23(21)38-26(30)34/h10-14,18-19,21-23H,15-16H2,1-9H3/t18?,19-,21+,22-,23+/m1/s1. The Morgan fingerprint density at radius 2 is 1.47 bits per heavy atom. The Morgan fingerprint density at radius 1 is 0.921 bits per heavy atom. The summed E-state index contributed by atoms with van der Waals surface area (Å²) in [7, 11) is 0. The van der Waals surface area contributed by atoms with Crippen molar-refractivity contribution in [3.63, 3.8) is 0 Å². The zero-order valence-electron chi connectivity index (χ0n) is 23.9. The van der Waals surface area contributed by atoms with Crippen LogP contribution >= 0.6 is 0 Å². The van der Waals surface area contributed by atoms with Crippen molar-refractivity contribution < 1.29 is 38.1 Å². The fourth-order valence-electron chi connectivity index (χ4n) is 4.42. The third-order valence-electron chi connectivity index (χ3n) is 6.74. The number of fused-ring (bicyclic) bond motifs is 1. The zero-order chi connectivity index (χ0) is 28.6. The van der Waals surface area contributed by atoms with E-state index in [2.05, 4.69) is 0 Å². The maximum Gasteiger partial charge on any atom is 0.419 e. The van der Waals surface area contributed by atoms with Crippen LogP contribution in [0.25, 0.3) is 0 Å². The van der Waals surface area contributed by atoms with Crippen molar-refractivity contribution in [1.29, 1.82) is 0 Å². The molecular weight excluding hydrogens is 490 g/mol. The van der Waals surface area contributed by atoms with E-state index in [-0.39, 0.29) is 24.4 Å². The van der Waals surface area contributed by atoms with E-state index in [1.807, 2.05) is 51.1 Å². The summed E-state index contributed by atoms with van der Waals surface area (Å²) in [5.41, 5.74) is -1.05. The molecule has 2 aliphatic heterocycles. The molecule has 1 aromatic carbocycles. The first-order valence-corrected chi connectivity index (χ1v) is 13.0. The molecule has 0 N–H and O–H groups in total. The second-order valence-electron chi connectivity index (χ2n) is 13.2. The average Bonchev–Trinajstić information content (AvgIpc) is 3.13. The number of esters is 2. The van der Waals surface area contributed by atoms with Gasteiger partial charge in [0.2, 0.25) is 12.2 Å². The summed E-state index contributed by atoms with van der Waals surface area (Å²) < 4.78 is 22.7. The van der Waals surface area contributed by atoms with E-state index in [0.717, 1.165) is 10.5 Å². The Morgan fingerprint density at radius 3 is 2.00 bits per heavy atom. The maximum atomic E-state index is 13.8. The number of carbonyl (C=O) groups excluding carboxylic acids is 4.